The number of carbonyl (C=O) groups excluding carboxylic acids is 1. The van der Waals surface area contributed by atoms with Gasteiger partial charge in [-0.1, -0.05) is 18.2 Å². The number of carbonyl (C=O) groups is 1. The van der Waals surface area contributed by atoms with Gasteiger partial charge in [-0.15, -0.1) is 0 Å². The van der Waals surface area contributed by atoms with E-state index in [2.05, 4.69) is 15.3 Å². The van der Waals surface area contributed by atoms with Crippen LogP contribution in [0.4, 0.5) is 10.1 Å². The lowest BCUT2D eigenvalue weighted by atomic mass is 9.94. The molecule has 0 unspecified atom stereocenters. The van der Waals surface area contributed by atoms with Gasteiger partial charge in [-0.2, -0.15) is 10.3 Å². The molecule has 28 heavy (non-hydrogen) atoms. The number of hydrogen-bond donors (Lipinski definition) is 2. The van der Waals surface area contributed by atoms with E-state index < -0.39 is 17.1 Å². The summed E-state index contributed by atoms with van der Waals surface area (Å²) in [6.07, 6.45) is 6.74. The summed E-state index contributed by atoms with van der Waals surface area (Å²) in [5.74, 6) is -0.550. The molecular weight excluding hydrogens is 361 g/mol. The Balaban J connectivity index is 1.74. The normalized spacial score (nSPS) is 15.1. The van der Waals surface area contributed by atoms with Crippen LogP contribution in [0.2, 0.25) is 0 Å². The first-order valence-corrected chi connectivity index (χ1v) is 8.50. The lowest BCUT2D eigenvalue weighted by Gasteiger charge is -2.12. The summed E-state index contributed by atoms with van der Waals surface area (Å²) in [4.78, 5) is 20.4. The number of anilines is 1. The van der Waals surface area contributed by atoms with Crippen molar-refractivity contribution in [2.75, 3.05) is 12.4 Å². The number of nitrogens with one attached hydrogen (secondary N) is 1. The lowest BCUT2D eigenvalue weighted by Crippen LogP contribution is -2.23. The lowest BCUT2D eigenvalue weighted by molar-refractivity contribution is -0.120. The molecule has 2 aromatic rings. The van der Waals surface area contributed by atoms with E-state index in [-0.39, 0.29) is 11.4 Å². The predicted molar refractivity (Wildman–Crippen MR) is 102 cm³/mol. The van der Waals surface area contributed by atoms with Crippen molar-refractivity contribution in [2.24, 2.45) is 10.7 Å². The number of aromatic nitrogens is 1. The van der Waals surface area contributed by atoms with Gasteiger partial charge >= 0.3 is 0 Å². The van der Waals surface area contributed by atoms with E-state index in [9.17, 15) is 9.18 Å². The SMILES string of the molecule is COc1cncc(C#N)c1N/C=C\C(N)=NC(=O)C1(c2ccccc2F)CC1. The van der Waals surface area contributed by atoms with Crippen LogP contribution in [0.3, 0.4) is 0 Å². The van der Waals surface area contributed by atoms with Crippen LogP contribution in [0.15, 0.2) is 53.9 Å². The molecule has 0 atom stereocenters. The monoisotopic (exact) mass is 379 g/mol. The Bertz CT molecular complexity index is 1010. The fourth-order valence-electron chi connectivity index (χ4n) is 2.87. The van der Waals surface area contributed by atoms with E-state index in [0.717, 1.165) is 0 Å². The molecule has 1 aromatic carbocycles. The van der Waals surface area contributed by atoms with Crippen molar-refractivity contribution in [3.63, 3.8) is 0 Å². The van der Waals surface area contributed by atoms with E-state index in [0.29, 0.717) is 29.8 Å². The number of methoxy groups -OCH3 is 1. The Morgan fingerprint density at radius 2 is 2.18 bits per heavy atom. The highest BCUT2D eigenvalue weighted by Crippen LogP contribution is 2.50. The van der Waals surface area contributed by atoms with Crippen molar-refractivity contribution >= 4 is 17.4 Å². The third kappa shape index (κ3) is 3.69. The Morgan fingerprint density at radius 3 is 2.82 bits per heavy atom. The average molecular weight is 379 g/mol. The van der Waals surface area contributed by atoms with Gasteiger partial charge in [-0.25, -0.2) is 4.39 Å². The molecule has 0 aliphatic heterocycles. The second-order valence-electron chi connectivity index (χ2n) is 6.26. The van der Waals surface area contributed by atoms with E-state index in [1.165, 1.54) is 37.8 Å². The number of benzene rings is 1. The summed E-state index contributed by atoms with van der Waals surface area (Å²) in [7, 11) is 1.46. The van der Waals surface area contributed by atoms with Gasteiger partial charge in [0.25, 0.3) is 5.91 Å². The van der Waals surface area contributed by atoms with E-state index in [4.69, 9.17) is 15.7 Å². The first-order valence-electron chi connectivity index (χ1n) is 8.50. The minimum Gasteiger partial charge on any atom is -0.493 e. The zero-order valence-corrected chi connectivity index (χ0v) is 15.1. The van der Waals surface area contributed by atoms with Crippen LogP contribution in [-0.4, -0.2) is 23.8 Å². The first-order chi connectivity index (χ1) is 13.5. The first kappa shape index (κ1) is 19.0. The Labute approximate surface area is 161 Å². The van der Waals surface area contributed by atoms with Crippen molar-refractivity contribution < 1.29 is 13.9 Å². The summed E-state index contributed by atoms with van der Waals surface area (Å²) >= 11 is 0. The molecule has 0 spiro atoms. The highest BCUT2D eigenvalue weighted by molar-refractivity contribution is 6.04. The molecular formula is C20H18FN5O2. The van der Waals surface area contributed by atoms with Gasteiger partial charge < -0.3 is 15.8 Å². The number of aliphatic imine (C=N–C) groups is 1. The summed E-state index contributed by atoms with van der Waals surface area (Å²) in [6, 6.07) is 8.20. The van der Waals surface area contributed by atoms with Crippen LogP contribution < -0.4 is 15.8 Å². The minimum absolute atomic E-state index is 0.0355. The summed E-state index contributed by atoms with van der Waals surface area (Å²) in [5, 5.41) is 12.0. The van der Waals surface area contributed by atoms with Crippen LogP contribution >= 0.6 is 0 Å². The molecule has 1 aromatic heterocycles. The molecule has 0 radical (unpaired) electrons. The van der Waals surface area contributed by atoms with Gasteiger partial charge in [0.15, 0.2) is 5.75 Å². The van der Waals surface area contributed by atoms with Crippen LogP contribution in [0.1, 0.15) is 24.0 Å². The van der Waals surface area contributed by atoms with Gasteiger partial charge in [0.1, 0.15) is 23.4 Å². The number of amidine groups is 1. The molecule has 3 rings (SSSR count). The average Bonchev–Trinajstić information content (AvgIpc) is 3.50. The predicted octanol–water partition coefficient (Wildman–Crippen LogP) is 2.64. The van der Waals surface area contributed by atoms with Gasteiger partial charge in [-0.3, -0.25) is 9.78 Å². The number of nitrogens with two attached hydrogens (primary N) is 1. The van der Waals surface area contributed by atoms with Crippen molar-refractivity contribution in [3.8, 4) is 11.8 Å². The number of pyridine rings is 1. The fraction of sp³-hybridized carbons (Fsp3) is 0.200. The van der Waals surface area contributed by atoms with Crippen LogP contribution in [0.5, 0.6) is 5.75 Å². The highest BCUT2D eigenvalue weighted by atomic mass is 19.1. The largest absolute Gasteiger partial charge is 0.493 e. The van der Waals surface area contributed by atoms with E-state index in [1.54, 1.807) is 18.2 Å². The molecule has 1 amide bonds. The van der Waals surface area contributed by atoms with Gasteiger partial charge in [0, 0.05) is 18.0 Å². The fourth-order valence-corrected chi connectivity index (χ4v) is 2.87. The Hall–Kier alpha value is -3.73. The molecule has 8 heteroatoms. The van der Waals surface area contributed by atoms with Gasteiger partial charge in [-0.05, 0) is 25.0 Å². The second kappa shape index (κ2) is 7.88. The minimum atomic E-state index is -0.931. The Kier molecular flexibility index (Phi) is 5.36. The molecule has 142 valence electrons. The molecule has 1 aliphatic rings. The smallest absolute Gasteiger partial charge is 0.258 e. The van der Waals surface area contributed by atoms with Gasteiger partial charge in [0.05, 0.1) is 24.3 Å². The molecule has 1 fully saturated rings. The van der Waals surface area contributed by atoms with Crippen molar-refractivity contribution in [3.05, 3.63) is 65.9 Å². The molecule has 0 bridgehead atoms. The Morgan fingerprint density at radius 1 is 1.43 bits per heavy atom. The maximum absolute atomic E-state index is 14.1. The number of nitrogens with zero attached hydrogens (tertiary/aromatic N) is 3. The number of nitriles is 1. The molecule has 1 aliphatic carbocycles. The van der Waals surface area contributed by atoms with Crippen LogP contribution in [0, 0.1) is 17.1 Å². The second-order valence-corrected chi connectivity index (χ2v) is 6.26. The number of amides is 1. The molecule has 1 heterocycles. The van der Waals surface area contributed by atoms with Crippen molar-refractivity contribution in [1.29, 1.82) is 5.26 Å². The molecule has 1 saturated carbocycles. The molecule has 0 saturated heterocycles. The van der Waals surface area contributed by atoms with E-state index >= 15 is 0 Å². The maximum Gasteiger partial charge on any atom is 0.258 e. The van der Waals surface area contributed by atoms with Crippen molar-refractivity contribution in [1.82, 2.24) is 4.98 Å². The van der Waals surface area contributed by atoms with Crippen LogP contribution in [0.25, 0.3) is 0 Å². The number of rotatable bonds is 6. The molecule has 7 nitrogen and oxygen atoms in total. The van der Waals surface area contributed by atoms with Crippen molar-refractivity contribution in [2.45, 2.75) is 18.3 Å². The zero-order chi connectivity index (χ0) is 20.1. The van der Waals surface area contributed by atoms with Crippen LogP contribution in [-0.2, 0) is 10.2 Å². The summed E-state index contributed by atoms with van der Waals surface area (Å²) in [5.41, 5.74) is 5.94. The highest BCUT2D eigenvalue weighted by Gasteiger charge is 2.52. The van der Waals surface area contributed by atoms with E-state index in [1.807, 2.05) is 6.07 Å². The third-order valence-corrected chi connectivity index (χ3v) is 4.51. The summed E-state index contributed by atoms with van der Waals surface area (Å²) in [6.45, 7) is 0. The third-order valence-electron chi connectivity index (χ3n) is 4.51. The van der Waals surface area contributed by atoms with Gasteiger partial charge in [0.2, 0.25) is 0 Å². The standard InChI is InChI=1S/C20H18FN5O2/c1-28-16-12-24-11-13(10-22)18(16)25-9-6-17(23)26-19(27)20(7-8-20)14-4-2-3-5-15(14)21/h2-6,9,11-12H,7-8H2,1H3,(H,24,25)(H2,23,26,27)/b9-6-. The topological polar surface area (TPSA) is 113 Å². The summed E-state index contributed by atoms with van der Waals surface area (Å²) < 4.78 is 19.2. The maximum atomic E-state index is 14.1. The number of hydrogen-bond acceptors (Lipinski definition) is 5. The molecule has 3 N–H and O–H groups in total. The number of ether oxygens (including phenoxy) is 1. The number of halogens is 1. The quantitative estimate of drug-likeness (QED) is 0.589. The zero-order valence-electron chi connectivity index (χ0n) is 15.1.